The summed E-state index contributed by atoms with van der Waals surface area (Å²) in [5.74, 6) is 0. The number of nitrogens with zero attached hydrogens (tertiary/aromatic N) is 1. The molecular weight excluding hydrogens is 244 g/mol. The summed E-state index contributed by atoms with van der Waals surface area (Å²) in [4.78, 5) is 0. The molecule has 0 aliphatic carbocycles. The summed E-state index contributed by atoms with van der Waals surface area (Å²) in [5, 5.41) is 0. The maximum atomic E-state index is 6.01. The monoisotopic (exact) mass is 277 g/mol. The summed E-state index contributed by atoms with van der Waals surface area (Å²) in [6, 6.07) is 0. The zero-order chi connectivity index (χ0) is 14.8. The summed E-state index contributed by atoms with van der Waals surface area (Å²) in [5.41, 5.74) is 5.92. The average molecular weight is 277 g/mol. The highest BCUT2D eigenvalue weighted by atomic mass is 16.5. The Hall–Kier alpha value is -0.200. The number of rotatable bonds is 12. The van der Waals surface area contributed by atoms with Gasteiger partial charge in [0.1, 0.15) is 6.54 Å². The molecule has 0 heterocycles. The van der Waals surface area contributed by atoms with Gasteiger partial charge >= 0.3 is 0 Å². The molecule has 0 aromatic heterocycles. The second kappa shape index (κ2) is 9.66. The molecule has 0 fully saturated rings. The third-order valence-electron chi connectivity index (χ3n) is 3.01. The van der Waals surface area contributed by atoms with Crippen LogP contribution < -0.4 is 5.73 Å². The Kier molecular flexibility index (Phi) is 9.56. The molecule has 116 valence electrons. The lowest BCUT2D eigenvalue weighted by atomic mass is 10.0. The molecule has 0 aliphatic heterocycles. The Labute approximate surface area is 118 Å². The minimum atomic E-state index is -0.0917. The van der Waals surface area contributed by atoms with Crippen molar-refractivity contribution in [1.29, 1.82) is 0 Å². The number of hydrogen-bond acceptors (Lipinski definition) is 4. The van der Waals surface area contributed by atoms with Crippen molar-refractivity contribution >= 4 is 0 Å². The molecule has 0 saturated carbocycles. The molecule has 0 aliphatic rings. The van der Waals surface area contributed by atoms with Crippen molar-refractivity contribution in [2.45, 2.75) is 25.8 Å². The van der Waals surface area contributed by atoms with Gasteiger partial charge < -0.3 is 24.4 Å². The maximum absolute atomic E-state index is 6.01. The highest BCUT2D eigenvalue weighted by Crippen LogP contribution is 2.08. The third kappa shape index (κ3) is 14.0. The van der Waals surface area contributed by atoms with Crippen LogP contribution in [-0.2, 0) is 14.2 Å². The van der Waals surface area contributed by atoms with Gasteiger partial charge in [-0.15, -0.1) is 0 Å². The molecule has 0 atom stereocenters. The first-order valence-corrected chi connectivity index (χ1v) is 7.02. The molecule has 19 heavy (non-hydrogen) atoms. The van der Waals surface area contributed by atoms with Crippen LogP contribution in [0, 0.1) is 0 Å². The van der Waals surface area contributed by atoms with Gasteiger partial charge in [0, 0.05) is 19.1 Å². The number of likely N-dealkylation sites (N-methyl/N-ethyl adjacent to an activating group) is 1. The third-order valence-corrected chi connectivity index (χ3v) is 3.01. The predicted octanol–water partition coefficient (Wildman–Crippen LogP) is 0.870. The van der Waals surface area contributed by atoms with Crippen molar-refractivity contribution in [1.82, 2.24) is 0 Å². The summed E-state index contributed by atoms with van der Waals surface area (Å²) in [6.45, 7) is 9.50. The van der Waals surface area contributed by atoms with E-state index in [1.807, 2.05) is 0 Å². The Balaban J connectivity index is 3.48. The molecule has 0 spiro atoms. The van der Waals surface area contributed by atoms with E-state index in [9.17, 15) is 0 Å². The second-order valence-corrected chi connectivity index (χ2v) is 6.34. The first-order chi connectivity index (χ1) is 8.77. The molecule has 2 N–H and O–H groups in total. The summed E-state index contributed by atoms with van der Waals surface area (Å²) < 4.78 is 16.7. The van der Waals surface area contributed by atoms with Gasteiger partial charge in [0.25, 0.3) is 0 Å². The van der Waals surface area contributed by atoms with E-state index in [1.165, 1.54) is 0 Å². The van der Waals surface area contributed by atoms with Crippen LogP contribution in [0.25, 0.3) is 0 Å². The number of methoxy groups -OCH3 is 1. The second-order valence-electron chi connectivity index (χ2n) is 6.34. The van der Waals surface area contributed by atoms with Gasteiger partial charge in [-0.1, -0.05) is 0 Å². The lowest BCUT2D eigenvalue weighted by Crippen LogP contribution is -2.47. The van der Waals surface area contributed by atoms with Crippen LogP contribution in [0.2, 0.25) is 0 Å². The predicted molar refractivity (Wildman–Crippen MR) is 78.2 cm³/mol. The quantitative estimate of drug-likeness (QED) is 0.425. The van der Waals surface area contributed by atoms with E-state index in [2.05, 4.69) is 27.9 Å². The van der Waals surface area contributed by atoms with Crippen molar-refractivity contribution in [2.75, 3.05) is 67.3 Å². The van der Waals surface area contributed by atoms with E-state index >= 15 is 0 Å². The molecular formula is C14H33N2O3+. The Morgan fingerprint density at radius 3 is 1.95 bits per heavy atom. The van der Waals surface area contributed by atoms with Crippen LogP contribution in [0.15, 0.2) is 0 Å². The zero-order valence-electron chi connectivity index (χ0n) is 13.4. The van der Waals surface area contributed by atoms with E-state index in [0.717, 1.165) is 30.6 Å². The Bertz CT molecular complexity index is 215. The first-order valence-electron chi connectivity index (χ1n) is 7.02. The average Bonchev–Trinajstić information content (AvgIpc) is 2.29. The van der Waals surface area contributed by atoms with Crippen LogP contribution in [0.4, 0.5) is 0 Å². The molecule has 0 saturated heterocycles. The molecule has 0 aromatic carbocycles. The molecule has 0 rings (SSSR count). The minimum absolute atomic E-state index is 0.0917. The Morgan fingerprint density at radius 1 is 0.895 bits per heavy atom. The van der Waals surface area contributed by atoms with Crippen LogP contribution in [0.5, 0.6) is 0 Å². The van der Waals surface area contributed by atoms with Gasteiger partial charge in [0.05, 0.1) is 53.7 Å². The zero-order valence-corrected chi connectivity index (χ0v) is 13.4. The molecule has 0 radical (unpaired) electrons. The SMILES string of the molecule is COCCOCCOCC[N+](C)(C)CCC(C)(C)N. The first kappa shape index (κ1) is 18.8. The van der Waals surface area contributed by atoms with Crippen LogP contribution in [-0.4, -0.2) is 77.4 Å². The summed E-state index contributed by atoms with van der Waals surface area (Å²) in [7, 11) is 6.09. The standard InChI is InChI=1S/C14H33N2O3/c1-14(2,15)6-7-16(3,4)8-9-18-12-13-19-11-10-17-5/h6-13,15H2,1-5H3/q+1. The van der Waals surface area contributed by atoms with Gasteiger partial charge in [-0.3, -0.25) is 0 Å². The van der Waals surface area contributed by atoms with Crippen molar-refractivity contribution in [3.63, 3.8) is 0 Å². The molecule has 5 heteroatoms. The molecule has 0 aromatic rings. The van der Waals surface area contributed by atoms with Gasteiger partial charge in [0.15, 0.2) is 0 Å². The number of ether oxygens (including phenoxy) is 3. The van der Waals surface area contributed by atoms with Crippen molar-refractivity contribution in [3.05, 3.63) is 0 Å². The fourth-order valence-electron chi connectivity index (χ4n) is 1.48. The van der Waals surface area contributed by atoms with Crippen LogP contribution in [0.3, 0.4) is 0 Å². The number of quaternary nitrogens is 1. The van der Waals surface area contributed by atoms with Gasteiger partial charge in [0.2, 0.25) is 0 Å². The highest BCUT2D eigenvalue weighted by molar-refractivity contribution is 4.70. The van der Waals surface area contributed by atoms with Gasteiger partial charge in [-0.25, -0.2) is 0 Å². The number of nitrogens with two attached hydrogens (primary N) is 1. The van der Waals surface area contributed by atoms with Crippen molar-refractivity contribution in [2.24, 2.45) is 5.73 Å². The molecule has 0 unspecified atom stereocenters. The summed E-state index contributed by atoms with van der Waals surface area (Å²) in [6.07, 6.45) is 1.01. The van der Waals surface area contributed by atoms with Gasteiger partial charge in [-0.2, -0.15) is 0 Å². The maximum Gasteiger partial charge on any atom is 0.102 e. The van der Waals surface area contributed by atoms with E-state index in [4.69, 9.17) is 19.9 Å². The fourth-order valence-corrected chi connectivity index (χ4v) is 1.48. The van der Waals surface area contributed by atoms with E-state index in [0.29, 0.717) is 26.4 Å². The fraction of sp³-hybridized carbons (Fsp3) is 1.00. The normalized spacial score (nSPS) is 12.9. The van der Waals surface area contributed by atoms with Crippen molar-refractivity contribution < 1.29 is 18.7 Å². The highest BCUT2D eigenvalue weighted by Gasteiger charge is 2.20. The summed E-state index contributed by atoms with van der Waals surface area (Å²) >= 11 is 0. The lowest BCUT2D eigenvalue weighted by molar-refractivity contribution is -0.891. The molecule has 0 amide bonds. The van der Waals surface area contributed by atoms with Gasteiger partial charge in [-0.05, 0) is 13.8 Å². The smallest absolute Gasteiger partial charge is 0.102 e. The largest absolute Gasteiger partial charge is 0.382 e. The number of hydrogen-bond donors (Lipinski definition) is 1. The van der Waals surface area contributed by atoms with E-state index < -0.39 is 0 Å². The van der Waals surface area contributed by atoms with Crippen LogP contribution >= 0.6 is 0 Å². The minimum Gasteiger partial charge on any atom is -0.382 e. The van der Waals surface area contributed by atoms with Crippen LogP contribution in [0.1, 0.15) is 20.3 Å². The van der Waals surface area contributed by atoms with E-state index in [1.54, 1.807) is 7.11 Å². The van der Waals surface area contributed by atoms with E-state index in [-0.39, 0.29) is 5.54 Å². The lowest BCUT2D eigenvalue weighted by Gasteiger charge is -2.32. The van der Waals surface area contributed by atoms with Crippen molar-refractivity contribution in [3.8, 4) is 0 Å². The Morgan fingerprint density at radius 2 is 1.42 bits per heavy atom. The molecule has 0 bridgehead atoms. The topological polar surface area (TPSA) is 53.7 Å². The molecule has 5 nitrogen and oxygen atoms in total.